The Hall–Kier alpha value is -2.30. The average Bonchev–Trinajstić information content (AvgIpc) is 2.33. The van der Waals surface area contributed by atoms with Gasteiger partial charge in [-0.1, -0.05) is 6.08 Å². The van der Waals surface area contributed by atoms with E-state index in [0.29, 0.717) is 18.0 Å². The minimum atomic E-state index is -1.03. The number of carboxylic acids is 1. The van der Waals surface area contributed by atoms with Gasteiger partial charge >= 0.3 is 5.97 Å². The lowest BCUT2D eigenvalue weighted by Gasteiger charge is -2.38. The van der Waals surface area contributed by atoms with Crippen LogP contribution >= 0.6 is 0 Å². The summed E-state index contributed by atoms with van der Waals surface area (Å²) in [6.07, 6.45) is 1.62. The van der Waals surface area contributed by atoms with Gasteiger partial charge in [-0.05, 0) is 32.0 Å². The van der Waals surface area contributed by atoms with Crippen LogP contribution in [0.1, 0.15) is 24.2 Å². The van der Waals surface area contributed by atoms with Crippen molar-refractivity contribution in [1.82, 2.24) is 0 Å². The van der Waals surface area contributed by atoms with Gasteiger partial charge in [0.2, 0.25) is 0 Å². The molecule has 5 heteroatoms. The molecule has 0 aliphatic carbocycles. The molecule has 0 saturated heterocycles. The Balaban J connectivity index is 2.55. The van der Waals surface area contributed by atoms with Crippen LogP contribution in [-0.4, -0.2) is 29.1 Å². The number of anilines is 1. The molecule has 0 atom stereocenters. The van der Waals surface area contributed by atoms with Crippen LogP contribution in [0.25, 0.3) is 0 Å². The van der Waals surface area contributed by atoms with E-state index in [4.69, 9.17) is 9.84 Å². The molecule has 0 spiro atoms. The van der Waals surface area contributed by atoms with Crippen LogP contribution in [0.3, 0.4) is 0 Å². The largest absolute Gasteiger partial charge is 0.478 e. The lowest BCUT2D eigenvalue weighted by atomic mass is 10.0. The third kappa shape index (κ3) is 2.19. The highest BCUT2D eigenvalue weighted by Gasteiger charge is 2.40. The monoisotopic (exact) mass is 261 g/mol. The molecule has 19 heavy (non-hydrogen) atoms. The zero-order valence-corrected chi connectivity index (χ0v) is 10.8. The number of carboxylic acid groups (broad SMARTS) is 1. The van der Waals surface area contributed by atoms with Gasteiger partial charge in [0.25, 0.3) is 5.91 Å². The molecule has 1 aliphatic rings. The fourth-order valence-electron chi connectivity index (χ4n) is 2.02. The Morgan fingerprint density at radius 1 is 1.53 bits per heavy atom. The van der Waals surface area contributed by atoms with Crippen molar-refractivity contribution in [3.8, 4) is 5.75 Å². The van der Waals surface area contributed by atoms with Gasteiger partial charge in [0, 0.05) is 6.54 Å². The predicted octanol–water partition coefficient (Wildman–Crippen LogP) is 2.07. The molecule has 0 fully saturated rings. The maximum absolute atomic E-state index is 12.3. The molecule has 1 heterocycles. The predicted molar refractivity (Wildman–Crippen MR) is 70.7 cm³/mol. The molecule has 1 aliphatic heterocycles. The molecular weight excluding hydrogens is 246 g/mol. The topological polar surface area (TPSA) is 66.8 Å². The highest BCUT2D eigenvalue weighted by molar-refractivity contribution is 6.03. The number of amides is 1. The molecule has 1 aromatic carbocycles. The Morgan fingerprint density at radius 3 is 2.79 bits per heavy atom. The van der Waals surface area contributed by atoms with E-state index < -0.39 is 11.6 Å². The zero-order chi connectivity index (χ0) is 14.2. The first-order valence-corrected chi connectivity index (χ1v) is 5.86. The van der Waals surface area contributed by atoms with Gasteiger partial charge in [0.15, 0.2) is 5.60 Å². The summed E-state index contributed by atoms with van der Waals surface area (Å²) in [7, 11) is 0. The Morgan fingerprint density at radius 2 is 2.21 bits per heavy atom. The van der Waals surface area contributed by atoms with Gasteiger partial charge < -0.3 is 14.7 Å². The van der Waals surface area contributed by atoms with Gasteiger partial charge in [-0.15, -0.1) is 6.58 Å². The second kappa shape index (κ2) is 4.42. The first kappa shape index (κ1) is 13.1. The minimum absolute atomic E-state index is 0.127. The molecule has 100 valence electrons. The van der Waals surface area contributed by atoms with E-state index in [2.05, 4.69) is 6.58 Å². The molecule has 5 nitrogen and oxygen atoms in total. The minimum Gasteiger partial charge on any atom is -0.478 e. The summed E-state index contributed by atoms with van der Waals surface area (Å²) in [5.41, 5.74) is -0.329. The molecule has 0 radical (unpaired) electrons. The van der Waals surface area contributed by atoms with Crippen molar-refractivity contribution in [2.75, 3.05) is 11.4 Å². The molecule has 1 N–H and O–H groups in total. The average molecular weight is 261 g/mol. The van der Waals surface area contributed by atoms with E-state index in [9.17, 15) is 9.59 Å². The summed E-state index contributed by atoms with van der Waals surface area (Å²) in [4.78, 5) is 24.8. The highest BCUT2D eigenvalue weighted by Crippen LogP contribution is 2.38. The van der Waals surface area contributed by atoms with Crippen molar-refractivity contribution in [2.24, 2.45) is 0 Å². The number of aromatic carboxylic acids is 1. The number of rotatable bonds is 3. The number of carbonyl (C=O) groups is 2. The molecule has 1 amide bonds. The van der Waals surface area contributed by atoms with Crippen molar-refractivity contribution < 1.29 is 19.4 Å². The Kier molecular flexibility index (Phi) is 3.06. The number of nitrogens with zero attached hydrogens (tertiary/aromatic N) is 1. The third-order valence-corrected chi connectivity index (χ3v) is 2.93. The number of benzene rings is 1. The van der Waals surface area contributed by atoms with E-state index in [-0.39, 0.29) is 11.5 Å². The molecule has 0 aromatic heterocycles. The van der Waals surface area contributed by atoms with E-state index in [1.165, 1.54) is 17.0 Å². The first-order valence-electron chi connectivity index (χ1n) is 5.86. The molecule has 1 aromatic rings. The number of fused-ring (bicyclic) bond motifs is 1. The van der Waals surface area contributed by atoms with E-state index in [0.717, 1.165) is 0 Å². The third-order valence-electron chi connectivity index (χ3n) is 2.93. The first-order chi connectivity index (χ1) is 8.86. The SMILES string of the molecule is C=CCN1C(=O)C(C)(C)Oc2cc(C(=O)O)ccc21. The van der Waals surface area contributed by atoms with Gasteiger partial charge in [0.1, 0.15) is 5.75 Å². The summed E-state index contributed by atoms with van der Waals surface area (Å²) in [5.74, 6) is -0.814. The van der Waals surface area contributed by atoms with Crippen LogP contribution in [0, 0.1) is 0 Å². The number of hydrogen-bond donors (Lipinski definition) is 1. The smallest absolute Gasteiger partial charge is 0.335 e. The van der Waals surface area contributed by atoms with Crippen LogP contribution in [-0.2, 0) is 4.79 Å². The van der Waals surface area contributed by atoms with Gasteiger partial charge in [-0.3, -0.25) is 4.79 Å². The number of hydrogen-bond acceptors (Lipinski definition) is 3. The van der Waals surface area contributed by atoms with Crippen molar-refractivity contribution in [3.05, 3.63) is 36.4 Å². The van der Waals surface area contributed by atoms with Crippen LogP contribution in [0.15, 0.2) is 30.9 Å². The van der Waals surface area contributed by atoms with Crippen LogP contribution in [0.5, 0.6) is 5.75 Å². The maximum atomic E-state index is 12.3. The summed E-state index contributed by atoms with van der Waals surface area (Å²) in [6, 6.07) is 4.46. The fourth-order valence-corrected chi connectivity index (χ4v) is 2.02. The summed E-state index contributed by atoms with van der Waals surface area (Å²) < 4.78 is 5.61. The Labute approximate surface area is 111 Å². The summed E-state index contributed by atoms with van der Waals surface area (Å²) in [5, 5.41) is 8.99. The summed E-state index contributed by atoms with van der Waals surface area (Å²) in [6.45, 7) is 7.29. The second-order valence-corrected chi connectivity index (χ2v) is 4.80. The van der Waals surface area contributed by atoms with Crippen molar-refractivity contribution in [2.45, 2.75) is 19.4 Å². The van der Waals surface area contributed by atoms with Crippen molar-refractivity contribution >= 4 is 17.6 Å². The maximum Gasteiger partial charge on any atom is 0.335 e. The van der Waals surface area contributed by atoms with E-state index >= 15 is 0 Å². The normalized spacial score (nSPS) is 16.5. The van der Waals surface area contributed by atoms with Crippen LogP contribution in [0.4, 0.5) is 5.69 Å². The summed E-state index contributed by atoms with van der Waals surface area (Å²) >= 11 is 0. The lowest BCUT2D eigenvalue weighted by Crippen LogP contribution is -2.52. The Bertz CT molecular complexity index is 563. The lowest BCUT2D eigenvalue weighted by molar-refractivity contribution is -0.132. The standard InChI is InChI=1S/C14H15NO4/c1-4-7-15-10-6-5-9(12(16)17)8-11(10)19-14(2,3)13(15)18/h4-6,8H,1,7H2,2-3H3,(H,16,17). The van der Waals surface area contributed by atoms with Crippen molar-refractivity contribution in [1.29, 1.82) is 0 Å². The zero-order valence-electron chi connectivity index (χ0n) is 10.8. The second-order valence-electron chi connectivity index (χ2n) is 4.80. The van der Waals surface area contributed by atoms with E-state index in [1.54, 1.807) is 26.0 Å². The molecule has 0 saturated carbocycles. The van der Waals surface area contributed by atoms with Gasteiger partial charge in [-0.25, -0.2) is 4.79 Å². The molecular formula is C14H15NO4. The van der Waals surface area contributed by atoms with Crippen LogP contribution in [0.2, 0.25) is 0 Å². The van der Waals surface area contributed by atoms with Gasteiger partial charge in [-0.2, -0.15) is 0 Å². The van der Waals surface area contributed by atoms with Crippen LogP contribution < -0.4 is 9.64 Å². The molecule has 2 rings (SSSR count). The van der Waals surface area contributed by atoms with Crippen molar-refractivity contribution in [3.63, 3.8) is 0 Å². The van der Waals surface area contributed by atoms with E-state index in [1.807, 2.05) is 0 Å². The fraction of sp³-hybridized carbons (Fsp3) is 0.286. The van der Waals surface area contributed by atoms with Gasteiger partial charge in [0.05, 0.1) is 11.3 Å². The number of carbonyl (C=O) groups excluding carboxylic acids is 1. The highest BCUT2D eigenvalue weighted by atomic mass is 16.5. The number of ether oxygens (including phenoxy) is 1. The quantitative estimate of drug-likeness (QED) is 0.846. The molecule has 0 unspecified atom stereocenters. The molecule has 0 bridgehead atoms.